The van der Waals surface area contributed by atoms with Crippen molar-refractivity contribution in [3.05, 3.63) is 11.1 Å². The van der Waals surface area contributed by atoms with Crippen LogP contribution in [0, 0.1) is 5.92 Å². The normalized spacial score (nSPS) is 20.1. The average Bonchev–Trinajstić information content (AvgIpc) is 2.68. The molecule has 0 spiro atoms. The van der Waals surface area contributed by atoms with Gasteiger partial charge in [-0.1, -0.05) is 4.49 Å². The van der Waals surface area contributed by atoms with Gasteiger partial charge in [-0.25, -0.2) is 0 Å². The first-order valence-corrected chi connectivity index (χ1v) is 4.63. The van der Waals surface area contributed by atoms with Crippen LogP contribution in [0.15, 0.2) is 6.20 Å². The molecule has 60 valence electrons. The van der Waals surface area contributed by atoms with Crippen molar-refractivity contribution in [3.63, 3.8) is 0 Å². The highest BCUT2D eigenvalue weighted by atomic mass is 32.1. The van der Waals surface area contributed by atoms with E-state index in [2.05, 4.69) is 14.9 Å². The molecule has 0 amide bonds. The summed E-state index contributed by atoms with van der Waals surface area (Å²) in [6.07, 6.45) is 4.57. The Labute approximate surface area is 70.0 Å². The van der Waals surface area contributed by atoms with Gasteiger partial charge >= 0.3 is 0 Å². The fourth-order valence-corrected chi connectivity index (χ4v) is 2.06. The quantitative estimate of drug-likeness (QED) is 0.739. The minimum absolute atomic E-state index is 0.509. The van der Waals surface area contributed by atoms with E-state index in [-0.39, 0.29) is 0 Å². The molecule has 1 saturated carbocycles. The van der Waals surface area contributed by atoms with E-state index in [1.54, 1.807) is 0 Å². The van der Waals surface area contributed by atoms with Crippen LogP contribution in [0.1, 0.15) is 23.8 Å². The highest BCUT2D eigenvalue weighted by Crippen LogP contribution is 2.41. The number of rotatable bonds is 3. The molecule has 0 bridgehead atoms. The first-order chi connectivity index (χ1) is 5.42. The third-order valence-electron chi connectivity index (χ3n) is 2.09. The number of nitrogens with zero attached hydrogens (tertiary/aromatic N) is 2. The van der Waals surface area contributed by atoms with Gasteiger partial charge in [0.15, 0.2) is 0 Å². The van der Waals surface area contributed by atoms with E-state index in [9.17, 15) is 0 Å². The molecule has 1 N–H and O–H groups in total. The SMILES string of the molecule is CNC(c1cnns1)C1CC1. The maximum atomic E-state index is 3.85. The van der Waals surface area contributed by atoms with Gasteiger partial charge in [-0.15, -0.1) is 5.10 Å². The van der Waals surface area contributed by atoms with Gasteiger partial charge in [-0.2, -0.15) is 0 Å². The van der Waals surface area contributed by atoms with Crippen molar-refractivity contribution in [2.45, 2.75) is 18.9 Å². The van der Waals surface area contributed by atoms with E-state index in [1.807, 2.05) is 13.2 Å². The van der Waals surface area contributed by atoms with Crippen LogP contribution in [0.5, 0.6) is 0 Å². The molecular weight excluding hydrogens is 158 g/mol. The summed E-state index contributed by atoms with van der Waals surface area (Å²) in [6.45, 7) is 0. The first-order valence-electron chi connectivity index (χ1n) is 3.86. The van der Waals surface area contributed by atoms with Crippen molar-refractivity contribution in [3.8, 4) is 0 Å². The van der Waals surface area contributed by atoms with E-state index in [0.717, 1.165) is 5.92 Å². The Morgan fingerprint density at radius 3 is 3.00 bits per heavy atom. The summed E-state index contributed by atoms with van der Waals surface area (Å²) in [7, 11) is 2.00. The number of aromatic nitrogens is 2. The molecule has 3 nitrogen and oxygen atoms in total. The molecule has 11 heavy (non-hydrogen) atoms. The summed E-state index contributed by atoms with van der Waals surface area (Å²) in [4.78, 5) is 1.27. The van der Waals surface area contributed by atoms with Crippen LogP contribution in [0.4, 0.5) is 0 Å². The molecule has 1 atom stereocenters. The third-order valence-corrected chi connectivity index (χ3v) is 2.84. The summed E-state index contributed by atoms with van der Waals surface area (Å²) in [5.41, 5.74) is 0. The molecule has 0 radical (unpaired) electrons. The van der Waals surface area contributed by atoms with E-state index in [4.69, 9.17) is 0 Å². The summed E-state index contributed by atoms with van der Waals surface area (Å²) in [6, 6.07) is 0.509. The largest absolute Gasteiger partial charge is 0.312 e. The van der Waals surface area contributed by atoms with Crippen LogP contribution in [-0.2, 0) is 0 Å². The van der Waals surface area contributed by atoms with Gasteiger partial charge in [-0.05, 0) is 37.3 Å². The Balaban J connectivity index is 2.11. The zero-order valence-corrected chi connectivity index (χ0v) is 7.27. The Hall–Kier alpha value is -0.480. The lowest BCUT2D eigenvalue weighted by molar-refractivity contribution is 0.537. The molecule has 1 unspecified atom stereocenters. The average molecular weight is 169 g/mol. The van der Waals surface area contributed by atoms with Gasteiger partial charge in [0.1, 0.15) is 0 Å². The minimum Gasteiger partial charge on any atom is -0.312 e. The Morgan fingerprint density at radius 2 is 2.55 bits per heavy atom. The van der Waals surface area contributed by atoms with Crippen LogP contribution in [0.3, 0.4) is 0 Å². The van der Waals surface area contributed by atoms with Crippen molar-refractivity contribution < 1.29 is 0 Å². The van der Waals surface area contributed by atoms with Gasteiger partial charge in [0, 0.05) is 6.04 Å². The van der Waals surface area contributed by atoms with E-state index in [1.165, 1.54) is 29.3 Å². The molecule has 1 fully saturated rings. The Morgan fingerprint density at radius 1 is 1.73 bits per heavy atom. The Kier molecular flexibility index (Phi) is 1.87. The molecular formula is C7H11N3S. The fourth-order valence-electron chi connectivity index (χ4n) is 1.35. The second-order valence-electron chi connectivity index (χ2n) is 2.92. The van der Waals surface area contributed by atoms with E-state index >= 15 is 0 Å². The van der Waals surface area contributed by atoms with Gasteiger partial charge in [0.25, 0.3) is 0 Å². The molecule has 4 heteroatoms. The van der Waals surface area contributed by atoms with Crippen molar-refractivity contribution in [1.82, 2.24) is 14.9 Å². The molecule has 0 aliphatic heterocycles. The van der Waals surface area contributed by atoms with Crippen molar-refractivity contribution in [2.75, 3.05) is 7.05 Å². The van der Waals surface area contributed by atoms with Crippen molar-refractivity contribution >= 4 is 11.5 Å². The number of nitrogens with one attached hydrogen (secondary N) is 1. The van der Waals surface area contributed by atoms with Crippen LogP contribution in [0.2, 0.25) is 0 Å². The molecule has 1 aromatic rings. The van der Waals surface area contributed by atoms with Gasteiger partial charge < -0.3 is 5.32 Å². The highest BCUT2D eigenvalue weighted by Gasteiger charge is 2.32. The molecule has 1 heterocycles. The Bertz CT molecular complexity index is 218. The molecule has 2 rings (SSSR count). The molecule has 1 aliphatic carbocycles. The highest BCUT2D eigenvalue weighted by molar-refractivity contribution is 7.05. The van der Waals surface area contributed by atoms with Crippen LogP contribution in [0.25, 0.3) is 0 Å². The summed E-state index contributed by atoms with van der Waals surface area (Å²) >= 11 is 1.50. The summed E-state index contributed by atoms with van der Waals surface area (Å²) in [5, 5.41) is 7.13. The predicted molar refractivity (Wildman–Crippen MR) is 44.4 cm³/mol. The maximum absolute atomic E-state index is 3.85. The molecule has 1 aliphatic rings. The minimum atomic E-state index is 0.509. The predicted octanol–water partition coefficient (Wildman–Crippen LogP) is 1.21. The lowest BCUT2D eigenvalue weighted by Gasteiger charge is -2.10. The first kappa shape index (κ1) is 7.18. The number of hydrogen-bond donors (Lipinski definition) is 1. The van der Waals surface area contributed by atoms with Crippen LogP contribution < -0.4 is 5.32 Å². The number of hydrogen-bond acceptors (Lipinski definition) is 4. The molecule has 1 aromatic heterocycles. The lowest BCUT2D eigenvalue weighted by atomic mass is 10.2. The third kappa shape index (κ3) is 1.41. The lowest BCUT2D eigenvalue weighted by Crippen LogP contribution is -2.16. The fraction of sp³-hybridized carbons (Fsp3) is 0.714. The van der Waals surface area contributed by atoms with Crippen molar-refractivity contribution in [1.29, 1.82) is 0 Å². The maximum Gasteiger partial charge on any atom is 0.0669 e. The molecule has 0 aromatic carbocycles. The standard InChI is InChI=1S/C7H11N3S/c1-8-7(5-2-3-5)6-4-9-10-11-6/h4-5,7-8H,2-3H2,1H3. The zero-order chi connectivity index (χ0) is 7.68. The van der Waals surface area contributed by atoms with Crippen molar-refractivity contribution in [2.24, 2.45) is 5.92 Å². The van der Waals surface area contributed by atoms with E-state index in [0.29, 0.717) is 6.04 Å². The monoisotopic (exact) mass is 169 g/mol. The molecule has 0 saturated heterocycles. The summed E-state index contributed by atoms with van der Waals surface area (Å²) < 4.78 is 3.85. The van der Waals surface area contributed by atoms with Gasteiger partial charge in [-0.3, -0.25) is 0 Å². The van der Waals surface area contributed by atoms with Crippen LogP contribution >= 0.6 is 11.5 Å². The topological polar surface area (TPSA) is 37.8 Å². The van der Waals surface area contributed by atoms with Crippen LogP contribution in [-0.4, -0.2) is 16.6 Å². The zero-order valence-electron chi connectivity index (χ0n) is 6.45. The summed E-state index contributed by atoms with van der Waals surface area (Å²) in [5.74, 6) is 0.835. The van der Waals surface area contributed by atoms with Gasteiger partial charge in [0.2, 0.25) is 0 Å². The second-order valence-corrected chi connectivity index (χ2v) is 3.74. The smallest absolute Gasteiger partial charge is 0.0669 e. The van der Waals surface area contributed by atoms with Gasteiger partial charge in [0.05, 0.1) is 11.1 Å². The van der Waals surface area contributed by atoms with E-state index < -0.39 is 0 Å². The second kappa shape index (κ2) is 2.87.